The Morgan fingerprint density at radius 3 is 2.34 bits per heavy atom. The average Bonchev–Trinajstić information content (AvgIpc) is 2.70. The van der Waals surface area contributed by atoms with E-state index in [0.717, 1.165) is 5.56 Å². The molecule has 8 heteroatoms. The minimum absolute atomic E-state index is 0.0300. The first-order valence-electron chi connectivity index (χ1n) is 9.27. The van der Waals surface area contributed by atoms with Crippen LogP contribution in [0.3, 0.4) is 0 Å². The van der Waals surface area contributed by atoms with E-state index in [4.69, 9.17) is 26.4 Å². The predicted octanol–water partition coefficient (Wildman–Crippen LogP) is 2.11. The van der Waals surface area contributed by atoms with Crippen molar-refractivity contribution in [3.63, 3.8) is 0 Å². The molecular formula is C21H26N4O4. The standard InChI is InChI=1S/C21H26N4O4/c1-3-13-11-15(7-10-17(13)29-12-18(22)26)19(21(27)28-4-2)25-16-8-5-14(6-9-16)20(23)24/h5-11,19,25H,3-4,12H2,1-2H3,(H2,22,26)(H3,23,24). The van der Waals surface area contributed by atoms with Gasteiger partial charge in [0, 0.05) is 11.3 Å². The smallest absolute Gasteiger partial charge is 0.333 e. The Balaban J connectivity index is 2.32. The lowest BCUT2D eigenvalue weighted by Gasteiger charge is -2.20. The normalized spacial score (nSPS) is 11.4. The maximum absolute atomic E-state index is 12.6. The molecule has 0 aromatic heterocycles. The first-order valence-corrected chi connectivity index (χ1v) is 9.27. The van der Waals surface area contributed by atoms with Crippen molar-refractivity contribution in [3.8, 4) is 5.75 Å². The van der Waals surface area contributed by atoms with E-state index in [1.165, 1.54) is 0 Å². The number of nitrogen functional groups attached to an aromatic ring is 1. The summed E-state index contributed by atoms with van der Waals surface area (Å²) in [4.78, 5) is 23.6. The van der Waals surface area contributed by atoms with Gasteiger partial charge in [-0.2, -0.15) is 0 Å². The van der Waals surface area contributed by atoms with Crippen LogP contribution in [0.4, 0.5) is 5.69 Å². The van der Waals surface area contributed by atoms with Gasteiger partial charge in [-0.3, -0.25) is 10.2 Å². The van der Waals surface area contributed by atoms with Crippen LogP contribution in [0.2, 0.25) is 0 Å². The van der Waals surface area contributed by atoms with Crippen molar-refractivity contribution >= 4 is 23.4 Å². The van der Waals surface area contributed by atoms with Gasteiger partial charge in [0.2, 0.25) is 0 Å². The molecule has 0 radical (unpaired) electrons. The van der Waals surface area contributed by atoms with Crippen molar-refractivity contribution in [2.45, 2.75) is 26.3 Å². The van der Waals surface area contributed by atoms with E-state index in [1.807, 2.05) is 13.0 Å². The number of anilines is 1. The highest BCUT2D eigenvalue weighted by Gasteiger charge is 2.23. The molecule has 1 amide bonds. The van der Waals surface area contributed by atoms with Crippen molar-refractivity contribution in [2.75, 3.05) is 18.5 Å². The van der Waals surface area contributed by atoms with Crippen molar-refractivity contribution in [1.29, 1.82) is 5.41 Å². The second-order valence-corrected chi connectivity index (χ2v) is 6.30. The minimum atomic E-state index is -0.742. The molecule has 0 heterocycles. The van der Waals surface area contributed by atoms with Crippen molar-refractivity contribution < 1.29 is 19.1 Å². The summed E-state index contributed by atoms with van der Waals surface area (Å²) < 4.78 is 10.7. The van der Waals surface area contributed by atoms with Gasteiger partial charge in [0.15, 0.2) is 12.6 Å². The van der Waals surface area contributed by atoms with Crippen LogP contribution in [0.5, 0.6) is 5.75 Å². The number of rotatable bonds is 10. The van der Waals surface area contributed by atoms with E-state index in [9.17, 15) is 9.59 Å². The van der Waals surface area contributed by atoms with Gasteiger partial charge >= 0.3 is 5.97 Å². The van der Waals surface area contributed by atoms with E-state index < -0.39 is 17.9 Å². The second-order valence-electron chi connectivity index (χ2n) is 6.30. The number of nitrogens with one attached hydrogen (secondary N) is 2. The van der Waals surface area contributed by atoms with Crippen LogP contribution in [0.25, 0.3) is 0 Å². The van der Waals surface area contributed by atoms with Crippen LogP contribution >= 0.6 is 0 Å². The average molecular weight is 398 g/mol. The fraction of sp³-hybridized carbons (Fsp3) is 0.286. The molecule has 2 aromatic carbocycles. The number of esters is 1. The number of amides is 1. The maximum Gasteiger partial charge on any atom is 0.333 e. The first kappa shape index (κ1) is 21.7. The molecule has 154 valence electrons. The number of hydrogen-bond donors (Lipinski definition) is 4. The van der Waals surface area contributed by atoms with Crippen LogP contribution in [0.15, 0.2) is 42.5 Å². The van der Waals surface area contributed by atoms with Gasteiger partial charge in [0.25, 0.3) is 5.91 Å². The summed E-state index contributed by atoms with van der Waals surface area (Å²) in [5.41, 5.74) is 13.4. The second kappa shape index (κ2) is 10.1. The fourth-order valence-corrected chi connectivity index (χ4v) is 2.76. The van der Waals surface area contributed by atoms with Crippen LogP contribution in [0, 0.1) is 5.41 Å². The Labute approximate surface area is 169 Å². The largest absolute Gasteiger partial charge is 0.484 e. The topological polar surface area (TPSA) is 141 Å². The summed E-state index contributed by atoms with van der Waals surface area (Å²) in [6, 6.07) is 11.4. The van der Waals surface area contributed by atoms with E-state index in [2.05, 4.69) is 5.32 Å². The monoisotopic (exact) mass is 398 g/mol. The Bertz CT molecular complexity index is 881. The molecule has 1 unspecified atom stereocenters. The fourth-order valence-electron chi connectivity index (χ4n) is 2.76. The van der Waals surface area contributed by atoms with Gasteiger partial charge in [-0.05, 0) is 60.9 Å². The Morgan fingerprint density at radius 1 is 1.10 bits per heavy atom. The Morgan fingerprint density at radius 2 is 1.79 bits per heavy atom. The summed E-state index contributed by atoms with van der Waals surface area (Å²) in [5.74, 6) is -0.465. The number of carbonyl (C=O) groups excluding carboxylic acids is 2. The zero-order valence-electron chi connectivity index (χ0n) is 16.5. The van der Waals surface area contributed by atoms with Crippen LogP contribution in [0.1, 0.15) is 36.6 Å². The van der Waals surface area contributed by atoms with Gasteiger partial charge in [0.1, 0.15) is 11.6 Å². The quantitative estimate of drug-likeness (QED) is 0.274. The highest BCUT2D eigenvalue weighted by atomic mass is 16.5. The summed E-state index contributed by atoms with van der Waals surface area (Å²) >= 11 is 0. The van der Waals surface area contributed by atoms with Crippen molar-refractivity contribution in [2.24, 2.45) is 11.5 Å². The number of amidine groups is 1. The Hall–Kier alpha value is -3.55. The van der Waals surface area contributed by atoms with Gasteiger partial charge in [0.05, 0.1) is 6.61 Å². The molecule has 0 aliphatic carbocycles. The summed E-state index contributed by atoms with van der Waals surface area (Å²) in [7, 11) is 0. The van der Waals surface area contributed by atoms with Crippen LogP contribution in [-0.4, -0.2) is 30.9 Å². The first-order chi connectivity index (χ1) is 13.8. The van der Waals surface area contributed by atoms with E-state index in [1.54, 1.807) is 43.3 Å². The zero-order valence-corrected chi connectivity index (χ0v) is 16.5. The SMILES string of the molecule is CCOC(=O)C(Nc1ccc(C(=N)N)cc1)c1ccc(OCC(N)=O)c(CC)c1. The molecule has 8 nitrogen and oxygen atoms in total. The lowest BCUT2D eigenvalue weighted by Crippen LogP contribution is -2.24. The number of hydrogen-bond acceptors (Lipinski definition) is 6. The van der Waals surface area contributed by atoms with E-state index >= 15 is 0 Å². The molecule has 2 aromatic rings. The van der Waals surface area contributed by atoms with Crippen LogP contribution < -0.4 is 21.5 Å². The van der Waals surface area contributed by atoms with Crippen molar-refractivity contribution in [3.05, 3.63) is 59.2 Å². The molecule has 0 saturated carbocycles. The number of primary amides is 1. The molecule has 0 saturated heterocycles. The van der Waals surface area contributed by atoms with E-state index in [-0.39, 0.29) is 19.0 Å². The molecule has 0 bridgehead atoms. The molecule has 2 rings (SSSR count). The summed E-state index contributed by atoms with van der Waals surface area (Å²) in [6.07, 6.45) is 0.644. The molecule has 29 heavy (non-hydrogen) atoms. The number of carbonyl (C=O) groups is 2. The van der Waals surface area contributed by atoms with Gasteiger partial charge in [-0.15, -0.1) is 0 Å². The number of ether oxygens (including phenoxy) is 2. The molecule has 6 N–H and O–H groups in total. The highest BCUT2D eigenvalue weighted by Crippen LogP contribution is 2.27. The Kier molecular flexibility index (Phi) is 7.59. The third-order valence-corrected chi connectivity index (χ3v) is 4.20. The van der Waals surface area contributed by atoms with E-state index in [0.29, 0.717) is 29.0 Å². The molecule has 0 fully saturated rings. The third-order valence-electron chi connectivity index (χ3n) is 4.20. The lowest BCUT2D eigenvalue weighted by molar-refractivity contribution is -0.144. The van der Waals surface area contributed by atoms with Gasteiger partial charge in [-0.25, -0.2) is 4.79 Å². The minimum Gasteiger partial charge on any atom is -0.484 e. The van der Waals surface area contributed by atoms with Gasteiger partial charge < -0.3 is 26.3 Å². The molecule has 1 atom stereocenters. The maximum atomic E-state index is 12.6. The summed E-state index contributed by atoms with van der Waals surface area (Å²) in [6.45, 7) is 3.73. The molecule has 0 aliphatic heterocycles. The van der Waals surface area contributed by atoms with Crippen molar-refractivity contribution in [1.82, 2.24) is 0 Å². The third kappa shape index (κ3) is 5.97. The zero-order chi connectivity index (χ0) is 21.4. The molecule has 0 spiro atoms. The number of benzene rings is 2. The van der Waals surface area contributed by atoms with Crippen LogP contribution in [-0.2, 0) is 20.7 Å². The highest BCUT2D eigenvalue weighted by molar-refractivity contribution is 5.95. The number of nitrogens with two attached hydrogens (primary N) is 2. The molecular weight excluding hydrogens is 372 g/mol. The molecule has 0 aliphatic rings. The number of aryl methyl sites for hydroxylation is 1. The lowest BCUT2D eigenvalue weighted by atomic mass is 10.0. The summed E-state index contributed by atoms with van der Waals surface area (Å²) in [5, 5.41) is 10.6. The predicted molar refractivity (Wildman–Crippen MR) is 111 cm³/mol. The van der Waals surface area contributed by atoms with Gasteiger partial charge in [-0.1, -0.05) is 13.0 Å².